The summed E-state index contributed by atoms with van der Waals surface area (Å²) >= 11 is 0. The van der Waals surface area contributed by atoms with E-state index >= 15 is 0 Å². The van der Waals surface area contributed by atoms with E-state index in [9.17, 15) is 14.2 Å². The second-order valence-electron chi connectivity index (χ2n) is 7.09. The van der Waals surface area contributed by atoms with E-state index in [1.54, 1.807) is 12.1 Å². The van der Waals surface area contributed by atoms with Gasteiger partial charge >= 0.3 is 0 Å². The van der Waals surface area contributed by atoms with E-state index in [-0.39, 0.29) is 30.1 Å². The third-order valence-corrected chi connectivity index (χ3v) is 7.36. The number of hydrogen-bond acceptors (Lipinski definition) is 4. The first-order valence-electron chi connectivity index (χ1n) is 8.82. The Bertz CT molecular complexity index is 900. The number of carbonyl (C=O) groups is 2. The van der Waals surface area contributed by atoms with Crippen LogP contribution in [-0.2, 0) is 14.2 Å². The predicted octanol–water partition coefficient (Wildman–Crippen LogP) is 4.47. The number of para-hydroxylation sites is 1. The van der Waals surface area contributed by atoms with Crippen molar-refractivity contribution in [2.45, 2.75) is 27.2 Å². The van der Waals surface area contributed by atoms with E-state index in [1.165, 1.54) is 6.92 Å². The Morgan fingerprint density at radius 1 is 1.00 bits per heavy atom. The Morgan fingerprint density at radius 2 is 1.62 bits per heavy atom. The standard InChI is InChI=1S/C21H23O4P/c1-14(2)19(23)12-16(15(3)22)13-26(24)21-11-7-5-9-18(21)17-8-4-6-10-20(17)25-26/h4-11,14,16H,12-13H2,1-3H3. The molecule has 0 saturated carbocycles. The number of hydrogen-bond donors (Lipinski definition) is 0. The second kappa shape index (κ2) is 7.20. The Kier molecular flexibility index (Phi) is 5.15. The zero-order chi connectivity index (χ0) is 18.9. The monoisotopic (exact) mass is 370 g/mol. The fourth-order valence-electron chi connectivity index (χ4n) is 3.22. The third kappa shape index (κ3) is 3.52. The molecule has 0 aliphatic carbocycles. The van der Waals surface area contributed by atoms with E-state index in [0.29, 0.717) is 11.1 Å². The van der Waals surface area contributed by atoms with Crippen molar-refractivity contribution in [3.63, 3.8) is 0 Å². The van der Waals surface area contributed by atoms with Crippen molar-refractivity contribution >= 4 is 24.2 Å². The average Bonchev–Trinajstić information content (AvgIpc) is 2.61. The first-order valence-corrected chi connectivity index (χ1v) is 10.6. The van der Waals surface area contributed by atoms with Gasteiger partial charge in [0.15, 0.2) is 0 Å². The van der Waals surface area contributed by atoms with Crippen LogP contribution in [0.5, 0.6) is 5.75 Å². The molecular formula is C21H23O4P. The van der Waals surface area contributed by atoms with Gasteiger partial charge in [0.2, 0.25) is 0 Å². The lowest BCUT2D eigenvalue weighted by molar-refractivity contribution is -0.127. The molecule has 2 unspecified atom stereocenters. The average molecular weight is 370 g/mol. The number of ketones is 2. The summed E-state index contributed by atoms with van der Waals surface area (Å²) < 4.78 is 19.8. The number of fused-ring (bicyclic) bond motifs is 3. The maximum Gasteiger partial charge on any atom is 0.278 e. The van der Waals surface area contributed by atoms with Crippen LogP contribution in [0.1, 0.15) is 27.2 Å². The molecule has 0 fully saturated rings. The summed E-state index contributed by atoms with van der Waals surface area (Å²) in [6.07, 6.45) is 0.149. The molecule has 0 bridgehead atoms. The molecule has 2 aromatic carbocycles. The lowest BCUT2D eigenvalue weighted by Gasteiger charge is -2.30. The number of rotatable bonds is 6. The van der Waals surface area contributed by atoms with Crippen LogP contribution >= 0.6 is 7.37 Å². The highest BCUT2D eigenvalue weighted by Gasteiger charge is 2.39. The van der Waals surface area contributed by atoms with Crippen LogP contribution in [0.15, 0.2) is 48.5 Å². The highest BCUT2D eigenvalue weighted by Crippen LogP contribution is 2.55. The summed E-state index contributed by atoms with van der Waals surface area (Å²) in [7, 11) is -3.31. The fraction of sp³-hybridized carbons (Fsp3) is 0.333. The van der Waals surface area contributed by atoms with Crippen LogP contribution in [0.25, 0.3) is 11.1 Å². The summed E-state index contributed by atoms with van der Waals surface area (Å²) in [5, 5.41) is 0.627. The van der Waals surface area contributed by atoms with Gasteiger partial charge in [0, 0.05) is 30.0 Å². The molecule has 5 heteroatoms. The fourth-order valence-corrected chi connectivity index (χ4v) is 5.90. The zero-order valence-electron chi connectivity index (χ0n) is 15.3. The summed E-state index contributed by atoms with van der Waals surface area (Å²) in [4.78, 5) is 24.3. The SMILES string of the molecule is CC(=O)C(CC(=O)C(C)C)CP1(=O)Oc2ccccc2-c2ccccc21. The van der Waals surface area contributed by atoms with Crippen LogP contribution in [0.4, 0.5) is 0 Å². The Balaban J connectivity index is 2.00. The molecule has 0 radical (unpaired) electrons. The van der Waals surface area contributed by atoms with Crippen molar-refractivity contribution in [3.05, 3.63) is 48.5 Å². The molecule has 0 amide bonds. The highest BCUT2D eigenvalue weighted by atomic mass is 31.2. The topological polar surface area (TPSA) is 60.4 Å². The maximum atomic E-state index is 13.8. The molecule has 0 aromatic heterocycles. The molecule has 0 saturated heterocycles. The van der Waals surface area contributed by atoms with E-state index in [0.717, 1.165) is 11.1 Å². The second-order valence-corrected chi connectivity index (χ2v) is 9.47. The van der Waals surface area contributed by atoms with Gasteiger partial charge in [-0.1, -0.05) is 50.2 Å². The van der Waals surface area contributed by atoms with Gasteiger partial charge in [-0.25, -0.2) is 0 Å². The van der Waals surface area contributed by atoms with Gasteiger partial charge < -0.3 is 4.52 Å². The van der Waals surface area contributed by atoms with Gasteiger partial charge in [-0.2, -0.15) is 0 Å². The van der Waals surface area contributed by atoms with Gasteiger partial charge in [-0.05, 0) is 24.6 Å². The highest BCUT2D eigenvalue weighted by molar-refractivity contribution is 7.67. The van der Waals surface area contributed by atoms with Crippen molar-refractivity contribution < 1.29 is 18.7 Å². The molecule has 26 heavy (non-hydrogen) atoms. The molecule has 3 rings (SSSR count). The molecule has 136 valence electrons. The Morgan fingerprint density at radius 3 is 2.27 bits per heavy atom. The lowest BCUT2D eigenvalue weighted by atomic mass is 9.95. The van der Waals surface area contributed by atoms with E-state index in [2.05, 4.69) is 0 Å². The van der Waals surface area contributed by atoms with E-state index < -0.39 is 13.3 Å². The summed E-state index contributed by atoms with van der Waals surface area (Å²) in [6, 6.07) is 14.9. The summed E-state index contributed by atoms with van der Waals surface area (Å²) in [6.45, 7) is 5.07. The molecule has 4 nitrogen and oxygen atoms in total. The predicted molar refractivity (Wildman–Crippen MR) is 103 cm³/mol. The van der Waals surface area contributed by atoms with Gasteiger partial charge in [0.25, 0.3) is 7.37 Å². The molecule has 2 aromatic rings. The maximum absolute atomic E-state index is 13.8. The number of Topliss-reactive ketones (excluding diaryl/α,β-unsaturated/α-hetero) is 2. The quantitative estimate of drug-likeness (QED) is 0.704. The number of benzene rings is 2. The van der Waals surface area contributed by atoms with Crippen LogP contribution in [0.3, 0.4) is 0 Å². The Hall–Kier alpha value is -2.19. The van der Waals surface area contributed by atoms with Crippen LogP contribution in [0, 0.1) is 11.8 Å². The Labute approximate surface area is 154 Å². The molecular weight excluding hydrogens is 347 g/mol. The molecule has 1 heterocycles. The van der Waals surface area contributed by atoms with Gasteiger partial charge in [-0.15, -0.1) is 0 Å². The van der Waals surface area contributed by atoms with E-state index in [1.807, 2.05) is 50.2 Å². The number of carbonyl (C=O) groups excluding carboxylic acids is 2. The zero-order valence-corrected chi connectivity index (χ0v) is 16.2. The summed E-state index contributed by atoms with van der Waals surface area (Å²) in [5.41, 5.74) is 1.77. The van der Waals surface area contributed by atoms with Crippen LogP contribution in [0.2, 0.25) is 0 Å². The lowest BCUT2D eigenvalue weighted by Crippen LogP contribution is -2.28. The first-order chi connectivity index (χ1) is 12.3. The minimum atomic E-state index is -3.31. The van der Waals surface area contributed by atoms with Gasteiger partial charge in [-0.3, -0.25) is 14.2 Å². The van der Waals surface area contributed by atoms with Crippen LogP contribution in [-0.4, -0.2) is 17.7 Å². The van der Waals surface area contributed by atoms with E-state index in [4.69, 9.17) is 4.52 Å². The minimum Gasteiger partial charge on any atom is -0.439 e. The van der Waals surface area contributed by atoms with Crippen molar-refractivity contribution in [1.29, 1.82) is 0 Å². The minimum absolute atomic E-state index is 0.00231. The largest absolute Gasteiger partial charge is 0.439 e. The van der Waals surface area contributed by atoms with Gasteiger partial charge in [0.1, 0.15) is 17.3 Å². The van der Waals surface area contributed by atoms with Crippen LogP contribution < -0.4 is 9.83 Å². The molecule has 0 spiro atoms. The first kappa shape index (κ1) is 18.6. The van der Waals surface area contributed by atoms with Crippen molar-refractivity contribution in [2.75, 3.05) is 6.16 Å². The summed E-state index contributed by atoms with van der Waals surface area (Å²) in [5.74, 6) is -0.323. The van der Waals surface area contributed by atoms with Gasteiger partial charge in [0.05, 0.1) is 5.30 Å². The molecule has 2 atom stereocenters. The molecule has 1 aliphatic rings. The van der Waals surface area contributed by atoms with Crippen molar-refractivity contribution in [2.24, 2.45) is 11.8 Å². The molecule has 1 aliphatic heterocycles. The third-order valence-electron chi connectivity index (χ3n) is 4.82. The smallest absolute Gasteiger partial charge is 0.278 e. The molecule has 0 N–H and O–H groups in total. The van der Waals surface area contributed by atoms with Crippen molar-refractivity contribution in [3.8, 4) is 16.9 Å². The normalized spacial score (nSPS) is 19.2. The van der Waals surface area contributed by atoms with Crippen molar-refractivity contribution in [1.82, 2.24) is 0 Å².